The minimum atomic E-state index is 0. The Kier molecular flexibility index (Phi) is 10.6. The molecule has 0 aliphatic heterocycles. The lowest BCUT2D eigenvalue weighted by atomic mass is 10.2. The fourth-order valence-corrected chi connectivity index (χ4v) is 2.84. The Balaban J connectivity index is 0.00000363. The molecule has 3 aromatic rings. The summed E-state index contributed by atoms with van der Waals surface area (Å²) in [5.41, 5.74) is 2.17. The second kappa shape index (κ2) is 13.4. The van der Waals surface area contributed by atoms with Crippen LogP contribution in [-0.2, 0) is 13.1 Å². The van der Waals surface area contributed by atoms with Crippen LogP contribution in [-0.4, -0.2) is 31.7 Å². The summed E-state index contributed by atoms with van der Waals surface area (Å²) in [7, 11) is 3.41. The molecule has 0 aliphatic carbocycles. The van der Waals surface area contributed by atoms with Gasteiger partial charge in [-0.2, -0.15) is 0 Å². The summed E-state index contributed by atoms with van der Waals surface area (Å²) in [4.78, 5) is 8.57. The molecule has 2 N–H and O–H groups in total. The van der Waals surface area contributed by atoms with Gasteiger partial charge in [-0.1, -0.05) is 12.1 Å². The van der Waals surface area contributed by atoms with Crippen LogP contribution in [0.25, 0.3) is 0 Å². The maximum Gasteiger partial charge on any atom is 0.219 e. The number of benzene rings is 2. The van der Waals surface area contributed by atoms with Crippen LogP contribution in [0.1, 0.15) is 18.1 Å². The molecule has 0 saturated carbocycles. The fraction of sp³-hybridized carbons (Fsp3) is 0.250. The topological polar surface area (TPSA) is 77.0 Å². The van der Waals surface area contributed by atoms with Gasteiger partial charge >= 0.3 is 0 Å². The lowest BCUT2D eigenvalue weighted by molar-refractivity contribution is 0.339. The first-order valence-electron chi connectivity index (χ1n) is 10.1. The van der Waals surface area contributed by atoms with Crippen LogP contribution in [0.3, 0.4) is 0 Å². The molecule has 170 valence electrons. The number of aliphatic imine (C=N–C) groups is 1. The molecule has 0 radical (unpaired) electrons. The van der Waals surface area contributed by atoms with Crippen molar-refractivity contribution in [1.82, 2.24) is 15.6 Å². The van der Waals surface area contributed by atoms with Crippen LogP contribution in [0.15, 0.2) is 71.9 Å². The molecule has 8 heteroatoms. The quantitative estimate of drug-likeness (QED) is 0.228. The van der Waals surface area contributed by atoms with E-state index < -0.39 is 0 Å². The summed E-state index contributed by atoms with van der Waals surface area (Å²) in [6.07, 6.45) is 1.73. The van der Waals surface area contributed by atoms with E-state index >= 15 is 0 Å². The smallest absolute Gasteiger partial charge is 0.219 e. The number of halogens is 1. The van der Waals surface area contributed by atoms with Gasteiger partial charge in [-0.05, 0) is 60.5 Å². The van der Waals surface area contributed by atoms with Crippen molar-refractivity contribution >= 4 is 29.9 Å². The third-order valence-electron chi connectivity index (χ3n) is 4.46. The second-order valence-corrected chi connectivity index (χ2v) is 6.64. The van der Waals surface area contributed by atoms with Gasteiger partial charge in [-0.25, -0.2) is 4.98 Å². The Morgan fingerprint density at radius 3 is 2.12 bits per heavy atom. The number of methoxy groups -OCH3 is 1. The van der Waals surface area contributed by atoms with Crippen molar-refractivity contribution in [3.05, 3.63) is 78.0 Å². The Hall–Kier alpha value is -3.01. The predicted molar refractivity (Wildman–Crippen MR) is 137 cm³/mol. The zero-order valence-corrected chi connectivity index (χ0v) is 20.8. The summed E-state index contributed by atoms with van der Waals surface area (Å²) in [5, 5.41) is 6.61. The number of guanidine groups is 1. The molecule has 0 amide bonds. The second-order valence-electron chi connectivity index (χ2n) is 6.64. The normalized spacial score (nSPS) is 10.7. The predicted octanol–water partition coefficient (Wildman–Crippen LogP) is 4.76. The molecule has 0 aliphatic rings. The lowest BCUT2D eigenvalue weighted by Crippen LogP contribution is -2.36. The van der Waals surface area contributed by atoms with Gasteiger partial charge in [0.15, 0.2) is 5.96 Å². The van der Waals surface area contributed by atoms with Gasteiger partial charge in [0.25, 0.3) is 0 Å². The largest absolute Gasteiger partial charge is 0.497 e. The number of hydrogen-bond acceptors (Lipinski definition) is 5. The number of hydrogen-bond donors (Lipinski definition) is 2. The number of nitrogens with one attached hydrogen (secondary N) is 2. The lowest BCUT2D eigenvalue weighted by Gasteiger charge is -2.13. The zero-order valence-electron chi connectivity index (χ0n) is 18.5. The van der Waals surface area contributed by atoms with Crippen LogP contribution in [0.4, 0.5) is 0 Å². The summed E-state index contributed by atoms with van der Waals surface area (Å²) < 4.78 is 16.5. The molecule has 0 bridgehead atoms. The van der Waals surface area contributed by atoms with Gasteiger partial charge in [0.05, 0.1) is 13.7 Å². The molecule has 2 aromatic carbocycles. The zero-order chi connectivity index (χ0) is 21.9. The minimum absolute atomic E-state index is 0. The van der Waals surface area contributed by atoms with E-state index in [9.17, 15) is 0 Å². The summed E-state index contributed by atoms with van der Waals surface area (Å²) in [6.45, 7) is 3.84. The Morgan fingerprint density at radius 1 is 0.875 bits per heavy atom. The fourth-order valence-electron chi connectivity index (χ4n) is 2.84. The van der Waals surface area contributed by atoms with E-state index in [-0.39, 0.29) is 24.0 Å². The molecular weight excluding hydrogens is 519 g/mol. The number of pyridine rings is 1. The number of rotatable bonds is 9. The molecule has 7 nitrogen and oxygen atoms in total. The van der Waals surface area contributed by atoms with Crippen molar-refractivity contribution < 1.29 is 14.2 Å². The molecule has 0 spiro atoms. The first kappa shape index (κ1) is 25.3. The molecule has 3 rings (SSSR count). The molecule has 0 fully saturated rings. The minimum Gasteiger partial charge on any atom is -0.497 e. The van der Waals surface area contributed by atoms with Crippen LogP contribution in [0.5, 0.6) is 23.1 Å². The molecule has 0 saturated heterocycles. The SMILES string of the molecule is CCOc1ccc(Oc2cc(CNC(=NC)NCc3ccc(OC)cc3)ccn2)cc1.I. The van der Waals surface area contributed by atoms with Crippen molar-refractivity contribution in [3.63, 3.8) is 0 Å². The summed E-state index contributed by atoms with van der Waals surface area (Å²) >= 11 is 0. The van der Waals surface area contributed by atoms with Crippen molar-refractivity contribution in [2.24, 2.45) is 4.99 Å². The molecule has 0 atom stereocenters. The van der Waals surface area contributed by atoms with Gasteiger partial charge in [-0.3, -0.25) is 4.99 Å². The number of nitrogens with zero attached hydrogens (tertiary/aromatic N) is 2. The monoisotopic (exact) mass is 548 g/mol. The van der Waals surface area contributed by atoms with Crippen LogP contribution in [0, 0.1) is 0 Å². The molecular formula is C24H29IN4O3. The third kappa shape index (κ3) is 7.92. The van der Waals surface area contributed by atoms with E-state index in [0.717, 1.165) is 22.6 Å². The Morgan fingerprint density at radius 2 is 1.50 bits per heavy atom. The highest BCUT2D eigenvalue weighted by molar-refractivity contribution is 14.0. The van der Waals surface area contributed by atoms with E-state index in [4.69, 9.17) is 14.2 Å². The first-order valence-corrected chi connectivity index (χ1v) is 10.1. The maximum absolute atomic E-state index is 5.86. The summed E-state index contributed by atoms with van der Waals surface area (Å²) in [5.74, 6) is 3.60. The van der Waals surface area contributed by atoms with Crippen LogP contribution >= 0.6 is 24.0 Å². The van der Waals surface area contributed by atoms with E-state index in [1.807, 2.05) is 67.6 Å². The molecule has 0 unspecified atom stereocenters. The Labute approximate surface area is 206 Å². The van der Waals surface area contributed by atoms with Gasteiger partial charge in [0.2, 0.25) is 5.88 Å². The maximum atomic E-state index is 5.86. The number of ether oxygens (including phenoxy) is 3. The van der Waals surface area contributed by atoms with Crippen LogP contribution in [0.2, 0.25) is 0 Å². The van der Waals surface area contributed by atoms with Crippen molar-refractivity contribution in [2.45, 2.75) is 20.0 Å². The average molecular weight is 548 g/mol. The molecule has 1 heterocycles. The van der Waals surface area contributed by atoms with Gasteiger partial charge in [0, 0.05) is 32.4 Å². The summed E-state index contributed by atoms with van der Waals surface area (Å²) in [6, 6.07) is 19.2. The highest BCUT2D eigenvalue weighted by Crippen LogP contribution is 2.23. The van der Waals surface area contributed by atoms with E-state index in [1.165, 1.54) is 0 Å². The van der Waals surface area contributed by atoms with Crippen LogP contribution < -0.4 is 24.8 Å². The first-order chi connectivity index (χ1) is 15.2. The van der Waals surface area contributed by atoms with Gasteiger partial charge in [-0.15, -0.1) is 24.0 Å². The molecule has 32 heavy (non-hydrogen) atoms. The van der Waals surface area contributed by atoms with E-state index in [1.54, 1.807) is 20.4 Å². The Bertz CT molecular complexity index is 979. The average Bonchev–Trinajstić information content (AvgIpc) is 2.81. The van der Waals surface area contributed by atoms with Gasteiger partial charge in [0.1, 0.15) is 17.2 Å². The van der Waals surface area contributed by atoms with E-state index in [2.05, 4.69) is 20.6 Å². The van der Waals surface area contributed by atoms with E-state index in [0.29, 0.717) is 37.3 Å². The standard InChI is InChI=1S/C24H28N4O3.HI/c1-4-30-21-9-11-22(12-10-21)31-23-15-19(13-14-26-23)17-28-24(25-2)27-16-18-5-7-20(29-3)8-6-18;/h5-15H,4,16-17H2,1-3H3,(H2,25,27,28);1H. The molecule has 1 aromatic heterocycles. The van der Waals surface area contributed by atoms with Crippen molar-refractivity contribution in [3.8, 4) is 23.1 Å². The third-order valence-corrected chi connectivity index (χ3v) is 4.46. The number of aromatic nitrogens is 1. The van der Waals surface area contributed by atoms with Crippen molar-refractivity contribution in [2.75, 3.05) is 20.8 Å². The highest BCUT2D eigenvalue weighted by Gasteiger charge is 2.04. The highest BCUT2D eigenvalue weighted by atomic mass is 127. The van der Waals surface area contributed by atoms with Gasteiger partial charge < -0.3 is 24.8 Å². The van der Waals surface area contributed by atoms with Crippen molar-refractivity contribution in [1.29, 1.82) is 0 Å².